The molecule has 1 aromatic carbocycles. The van der Waals surface area contributed by atoms with Crippen molar-refractivity contribution in [2.75, 3.05) is 17.7 Å². The topological polar surface area (TPSA) is 79.4 Å². The van der Waals surface area contributed by atoms with Crippen LogP contribution in [0.1, 0.15) is 48.9 Å². The molecule has 8 heteroatoms. The highest BCUT2D eigenvalue weighted by molar-refractivity contribution is 7.89. The first-order valence-electron chi connectivity index (χ1n) is 9.87. The number of nitrogens with one attached hydrogen (secondary N) is 1. The number of aromatic nitrogens is 1. The summed E-state index contributed by atoms with van der Waals surface area (Å²) in [5.41, 5.74) is 4.55. The number of rotatable bonds is 4. The minimum atomic E-state index is -3.34. The molecule has 0 radical (unpaired) electrons. The Hall–Kier alpha value is -2.32. The van der Waals surface area contributed by atoms with Gasteiger partial charge in [-0.05, 0) is 67.0 Å². The number of sulfonamides is 1. The number of pyridine rings is 1. The van der Waals surface area contributed by atoms with E-state index in [4.69, 9.17) is 0 Å². The van der Waals surface area contributed by atoms with E-state index in [-0.39, 0.29) is 17.7 Å². The smallest absolute Gasteiger partial charge is 0.227 e. The number of carbonyl (C=O) groups excluding carboxylic acids is 1. The number of fused-ring (bicyclic) bond motifs is 2. The van der Waals surface area contributed by atoms with Gasteiger partial charge in [0.25, 0.3) is 0 Å². The molecule has 1 amide bonds. The molecule has 1 aliphatic carbocycles. The zero-order valence-electron chi connectivity index (χ0n) is 16.5. The van der Waals surface area contributed by atoms with Crippen molar-refractivity contribution >= 4 is 21.6 Å². The summed E-state index contributed by atoms with van der Waals surface area (Å²) >= 11 is 0. The molecule has 1 unspecified atom stereocenters. The lowest BCUT2D eigenvalue weighted by Crippen LogP contribution is -2.32. The van der Waals surface area contributed by atoms with E-state index < -0.39 is 15.8 Å². The summed E-state index contributed by atoms with van der Waals surface area (Å²) < 4.78 is 41.8. The van der Waals surface area contributed by atoms with Crippen LogP contribution in [0.3, 0.4) is 0 Å². The molecule has 0 saturated carbocycles. The Morgan fingerprint density at radius 1 is 1.24 bits per heavy atom. The fourth-order valence-electron chi connectivity index (χ4n) is 4.30. The van der Waals surface area contributed by atoms with Crippen LogP contribution in [0.25, 0.3) is 11.1 Å². The largest absolute Gasteiger partial charge is 0.313 e. The normalized spacial score (nSPS) is 19.1. The maximum atomic E-state index is 14.9. The maximum absolute atomic E-state index is 14.9. The van der Waals surface area contributed by atoms with Crippen LogP contribution in [0.5, 0.6) is 0 Å². The summed E-state index contributed by atoms with van der Waals surface area (Å²) in [6, 6.07) is 3.06. The molecule has 1 N–H and O–H groups in total. The van der Waals surface area contributed by atoms with Crippen molar-refractivity contribution in [3.63, 3.8) is 0 Å². The molecule has 6 nitrogen and oxygen atoms in total. The first-order valence-corrected chi connectivity index (χ1v) is 11.5. The summed E-state index contributed by atoms with van der Waals surface area (Å²) in [6.07, 6.45) is 6.63. The van der Waals surface area contributed by atoms with Gasteiger partial charge >= 0.3 is 0 Å². The number of benzene rings is 1. The molecule has 0 spiro atoms. The molecular formula is C21H24FN3O3S. The highest BCUT2D eigenvalue weighted by Gasteiger charge is 2.28. The number of amides is 1. The van der Waals surface area contributed by atoms with Crippen LogP contribution in [0, 0.1) is 5.82 Å². The predicted molar refractivity (Wildman–Crippen MR) is 110 cm³/mol. The van der Waals surface area contributed by atoms with Gasteiger partial charge < -0.3 is 4.90 Å². The lowest BCUT2D eigenvalue weighted by Gasteiger charge is -2.29. The second-order valence-electron chi connectivity index (χ2n) is 7.64. The molecule has 0 fully saturated rings. The van der Waals surface area contributed by atoms with Gasteiger partial charge in [0.1, 0.15) is 5.82 Å². The Morgan fingerprint density at radius 2 is 2.03 bits per heavy atom. The fourth-order valence-corrected chi connectivity index (χ4v) is 5.15. The van der Waals surface area contributed by atoms with Crippen molar-refractivity contribution in [3.8, 4) is 11.1 Å². The Bertz CT molecular complexity index is 1080. The first-order chi connectivity index (χ1) is 13.8. The third-order valence-electron chi connectivity index (χ3n) is 5.86. The average Bonchev–Trinajstić information content (AvgIpc) is 2.70. The van der Waals surface area contributed by atoms with E-state index in [1.807, 2.05) is 6.07 Å². The molecule has 2 aliphatic rings. The summed E-state index contributed by atoms with van der Waals surface area (Å²) in [5, 5.41) is 0. The van der Waals surface area contributed by atoms with Crippen LogP contribution in [-0.4, -0.2) is 32.1 Å². The number of halogens is 1. The molecule has 4 rings (SSSR count). The molecule has 0 saturated heterocycles. The summed E-state index contributed by atoms with van der Waals surface area (Å²) in [4.78, 5) is 17.6. The van der Waals surface area contributed by atoms with E-state index in [1.165, 1.54) is 11.0 Å². The highest BCUT2D eigenvalue weighted by atomic mass is 32.2. The molecule has 2 aromatic rings. The molecule has 29 heavy (non-hydrogen) atoms. The van der Waals surface area contributed by atoms with Crippen molar-refractivity contribution in [1.29, 1.82) is 0 Å². The number of anilines is 1. The molecule has 1 aromatic heterocycles. The number of hydrogen-bond acceptors (Lipinski definition) is 4. The van der Waals surface area contributed by atoms with Crippen molar-refractivity contribution in [2.45, 2.75) is 45.1 Å². The number of carbonyl (C=O) groups is 1. The number of nitrogens with zero attached hydrogens (tertiary/aromatic N) is 2. The standard InChI is InChI=1S/C21H24FN3O3S/c1-3-29(27,28)24-19-6-4-5-15-16(11-23-12-17(15)19)14-9-13-7-8-20(26)25(2)21(13)18(22)10-14/h9-12,19,24H,3-8H2,1-2H3. The second-order valence-corrected chi connectivity index (χ2v) is 9.68. The van der Waals surface area contributed by atoms with Gasteiger partial charge in [0.15, 0.2) is 0 Å². The van der Waals surface area contributed by atoms with Gasteiger partial charge in [-0.2, -0.15) is 0 Å². The summed E-state index contributed by atoms with van der Waals surface area (Å²) in [6.45, 7) is 1.61. The highest BCUT2D eigenvalue weighted by Crippen LogP contribution is 2.39. The Morgan fingerprint density at radius 3 is 2.79 bits per heavy atom. The van der Waals surface area contributed by atoms with Crippen molar-refractivity contribution in [2.24, 2.45) is 0 Å². The Labute approximate surface area is 170 Å². The number of hydrogen-bond donors (Lipinski definition) is 1. The molecular weight excluding hydrogens is 393 g/mol. The van der Waals surface area contributed by atoms with Crippen LogP contribution in [0.15, 0.2) is 24.5 Å². The summed E-state index contributed by atoms with van der Waals surface area (Å²) in [7, 11) is -1.75. The van der Waals surface area contributed by atoms with Crippen molar-refractivity contribution < 1.29 is 17.6 Å². The van der Waals surface area contributed by atoms with E-state index >= 15 is 0 Å². The zero-order chi connectivity index (χ0) is 20.8. The second kappa shape index (κ2) is 7.50. The van der Waals surface area contributed by atoms with E-state index in [0.717, 1.165) is 35.1 Å². The third-order valence-corrected chi connectivity index (χ3v) is 7.26. The molecule has 1 atom stereocenters. The van der Waals surface area contributed by atoms with Gasteiger partial charge in [0, 0.05) is 37.5 Å². The first kappa shape index (κ1) is 20.0. The van der Waals surface area contributed by atoms with Crippen molar-refractivity contribution in [3.05, 3.63) is 47.0 Å². The molecule has 154 valence electrons. The molecule has 0 bridgehead atoms. The van der Waals surface area contributed by atoms with Gasteiger partial charge in [-0.3, -0.25) is 9.78 Å². The van der Waals surface area contributed by atoms with Gasteiger partial charge in [-0.1, -0.05) is 0 Å². The van der Waals surface area contributed by atoms with Crippen LogP contribution in [-0.2, 0) is 27.7 Å². The SMILES string of the molecule is CCS(=O)(=O)NC1CCCc2c(-c3cc(F)c4c(c3)CCC(=O)N4C)cncc21. The van der Waals surface area contributed by atoms with Gasteiger partial charge in [-0.15, -0.1) is 0 Å². The van der Waals surface area contributed by atoms with E-state index in [9.17, 15) is 17.6 Å². The molecule has 1 aliphatic heterocycles. The van der Waals surface area contributed by atoms with Crippen LogP contribution in [0.2, 0.25) is 0 Å². The Balaban J connectivity index is 1.78. The van der Waals surface area contributed by atoms with Crippen molar-refractivity contribution in [1.82, 2.24) is 9.71 Å². The average molecular weight is 418 g/mol. The zero-order valence-corrected chi connectivity index (χ0v) is 17.4. The van der Waals surface area contributed by atoms with Crippen LogP contribution < -0.4 is 9.62 Å². The minimum Gasteiger partial charge on any atom is -0.313 e. The lowest BCUT2D eigenvalue weighted by atomic mass is 9.84. The monoisotopic (exact) mass is 417 g/mol. The van der Waals surface area contributed by atoms with Gasteiger partial charge in [0.2, 0.25) is 15.9 Å². The van der Waals surface area contributed by atoms with Gasteiger partial charge in [-0.25, -0.2) is 17.5 Å². The fraction of sp³-hybridized carbons (Fsp3) is 0.429. The van der Waals surface area contributed by atoms with Crippen LogP contribution >= 0.6 is 0 Å². The minimum absolute atomic E-state index is 0.0220. The predicted octanol–water partition coefficient (Wildman–Crippen LogP) is 3.11. The van der Waals surface area contributed by atoms with E-state index in [1.54, 1.807) is 26.4 Å². The quantitative estimate of drug-likeness (QED) is 0.829. The lowest BCUT2D eigenvalue weighted by molar-refractivity contribution is -0.118. The van der Waals surface area contributed by atoms with Gasteiger partial charge in [0.05, 0.1) is 11.4 Å². The molecule has 2 heterocycles. The third kappa shape index (κ3) is 3.67. The van der Waals surface area contributed by atoms with E-state index in [0.29, 0.717) is 30.5 Å². The van der Waals surface area contributed by atoms with E-state index in [2.05, 4.69) is 9.71 Å². The van der Waals surface area contributed by atoms with Crippen LogP contribution in [0.4, 0.5) is 10.1 Å². The summed E-state index contributed by atoms with van der Waals surface area (Å²) in [5.74, 6) is -0.493. The maximum Gasteiger partial charge on any atom is 0.227 e. The number of aryl methyl sites for hydroxylation is 1. The Kier molecular flexibility index (Phi) is 5.16.